The Morgan fingerprint density at radius 3 is 2.88 bits per heavy atom. The second-order valence-corrected chi connectivity index (χ2v) is 5.23. The van der Waals surface area contributed by atoms with Gasteiger partial charge in [-0.2, -0.15) is 0 Å². The van der Waals surface area contributed by atoms with Crippen LogP contribution in [0.1, 0.15) is 13.3 Å². The van der Waals surface area contributed by atoms with Crippen LogP contribution in [0.5, 0.6) is 0 Å². The molecule has 0 spiro atoms. The fourth-order valence-corrected chi connectivity index (χ4v) is 2.39. The molecule has 1 aromatic rings. The molecule has 1 aromatic carbocycles. The van der Waals surface area contributed by atoms with E-state index in [4.69, 9.17) is 0 Å². The third kappa shape index (κ3) is 2.96. The van der Waals surface area contributed by atoms with Crippen molar-refractivity contribution in [3.63, 3.8) is 0 Å². The van der Waals surface area contributed by atoms with E-state index in [0.29, 0.717) is 12.2 Å². The molecule has 0 bridgehead atoms. The molecule has 1 atom stereocenters. The minimum absolute atomic E-state index is 0.166. The lowest BCUT2D eigenvalue weighted by Gasteiger charge is -2.25. The van der Waals surface area contributed by atoms with Gasteiger partial charge >= 0.3 is 0 Å². The number of nitrogens with one attached hydrogen (secondary N) is 1. The summed E-state index contributed by atoms with van der Waals surface area (Å²) in [6.07, 6.45) is 0.932. The highest BCUT2D eigenvalue weighted by Gasteiger charge is 2.19. The third-order valence-corrected chi connectivity index (χ3v) is 3.53. The fraction of sp³-hybridized carbons (Fsp3) is 0.500. The number of hydrogen-bond donors (Lipinski definition) is 1. The van der Waals surface area contributed by atoms with Crippen molar-refractivity contribution in [2.75, 3.05) is 24.5 Å². The highest BCUT2D eigenvalue weighted by molar-refractivity contribution is 9.10. The van der Waals surface area contributed by atoms with Crippen LogP contribution in [0.2, 0.25) is 0 Å². The van der Waals surface area contributed by atoms with E-state index in [9.17, 15) is 8.78 Å². The Morgan fingerprint density at radius 1 is 1.35 bits per heavy atom. The van der Waals surface area contributed by atoms with Crippen LogP contribution < -0.4 is 10.2 Å². The smallest absolute Gasteiger partial charge is 0.147 e. The number of benzene rings is 1. The van der Waals surface area contributed by atoms with Gasteiger partial charge in [-0.25, -0.2) is 8.78 Å². The van der Waals surface area contributed by atoms with Crippen molar-refractivity contribution >= 4 is 21.6 Å². The number of nitrogens with zero attached hydrogens (tertiary/aromatic N) is 1. The van der Waals surface area contributed by atoms with Gasteiger partial charge in [-0.1, -0.05) is 0 Å². The van der Waals surface area contributed by atoms with E-state index in [1.807, 2.05) is 11.8 Å². The van der Waals surface area contributed by atoms with Gasteiger partial charge in [-0.3, -0.25) is 0 Å². The van der Waals surface area contributed by atoms with Gasteiger partial charge in [0.05, 0.1) is 10.2 Å². The van der Waals surface area contributed by atoms with E-state index in [-0.39, 0.29) is 16.3 Å². The minimum Gasteiger partial charge on any atom is -0.367 e. The van der Waals surface area contributed by atoms with Gasteiger partial charge in [0.1, 0.15) is 11.6 Å². The van der Waals surface area contributed by atoms with Crippen LogP contribution in [0, 0.1) is 11.6 Å². The van der Waals surface area contributed by atoms with E-state index in [1.54, 1.807) is 0 Å². The monoisotopic (exact) mass is 304 g/mol. The molecule has 2 rings (SSSR count). The van der Waals surface area contributed by atoms with Gasteiger partial charge in [0, 0.05) is 25.2 Å². The summed E-state index contributed by atoms with van der Waals surface area (Å²) in [6, 6.07) is 2.73. The first-order valence-electron chi connectivity index (χ1n) is 5.71. The average Bonchev–Trinajstić information content (AvgIpc) is 2.48. The van der Waals surface area contributed by atoms with Crippen molar-refractivity contribution in [3.05, 3.63) is 28.2 Å². The molecule has 0 aliphatic carbocycles. The second kappa shape index (κ2) is 5.31. The standard InChI is InChI=1S/C12H15BrF2N2/c1-8-7-17(4-2-3-16-8)12-6-10(14)9(13)5-11(12)15/h5-6,8,16H,2-4,7H2,1H3. The SMILES string of the molecule is CC1CN(c2cc(F)c(Br)cc2F)CCCN1. The van der Waals surface area contributed by atoms with Gasteiger partial charge in [-0.15, -0.1) is 0 Å². The van der Waals surface area contributed by atoms with Gasteiger partial charge in [0.25, 0.3) is 0 Å². The second-order valence-electron chi connectivity index (χ2n) is 4.37. The van der Waals surface area contributed by atoms with Gasteiger partial charge < -0.3 is 10.2 Å². The number of hydrogen-bond acceptors (Lipinski definition) is 2. The van der Waals surface area contributed by atoms with E-state index in [1.165, 1.54) is 12.1 Å². The first-order chi connectivity index (χ1) is 8.08. The van der Waals surface area contributed by atoms with Crippen LogP contribution in [-0.2, 0) is 0 Å². The van der Waals surface area contributed by atoms with Crippen LogP contribution in [0.3, 0.4) is 0 Å². The molecular formula is C12H15BrF2N2. The molecule has 2 nitrogen and oxygen atoms in total. The highest BCUT2D eigenvalue weighted by atomic mass is 79.9. The summed E-state index contributed by atoms with van der Waals surface area (Å²) < 4.78 is 27.4. The van der Waals surface area contributed by atoms with Crippen LogP contribution in [0.25, 0.3) is 0 Å². The minimum atomic E-state index is -0.425. The lowest BCUT2D eigenvalue weighted by Crippen LogP contribution is -2.35. The molecule has 1 heterocycles. The van der Waals surface area contributed by atoms with Crippen molar-refractivity contribution in [2.45, 2.75) is 19.4 Å². The van der Waals surface area contributed by atoms with E-state index in [0.717, 1.165) is 19.5 Å². The molecule has 17 heavy (non-hydrogen) atoms. The molecular weight excluding hydrogens is 290 g/mol. The Bertz CT molecular complexity index is 412. The fourth-order valence-electron chi connectivity index (χ4n) is 2.08. The first-order valence-corrected chi connectivity index (χ1v) is 6.50. The quantitative estimate of drug-likeness (QED) is 0.803. The van der Waals surface area contributed by atoms with Crippen molar-refractivity contribution in [1.29, 1.82) is 0 Å². The lowest BCUT2D eigenvalue weighted by molar-refractivity contribution is 0.570. The normalized spacial score (nSPS) is 21.4. The number of halogens is 3. The maximum atomic E-state index is 13.8. The van der Waals surface area contributed by atoms with Crippen molar-refractivity contribution in [3.8, 4) is 0 Å². The van der Waals surface area contributed by atoms with Gasteiger partial charge in [0.15, 0.2) is 0 Å². The summed E-state index contributed by atoms with van der Waals surface area (Å²) in [5.74, 6) is -0.807. The Labute approximate surface area is 108 Å². The van der Waals surface area contributed by atoms with Crippen LogP contribution in [-0.4, -0.2) is 25.7 Å². The zero-order valence-corrected chi connectivity index (χ0v) is 11.2. The van der Waals surface area contributed by atoms with Crippen LogP contribution in [0.4, 0.5) is 14.5 Å². The van der Waals surface area contributed by atoms with Gasteiger partial charge in [0.2, 0.25) is 0 Å². The van der Waals surface area contributed by atoms with E-state index < -0.39 is 5.82 Å². The molecule has 0 amide bonds. The largest absolute Gasteiger partial charge is 0.367 e. The van der Waals surface area contributed by atoms with Crippen LogP contribution in [0.15, 0.2) is 16.6 Å². The zero-order valence-electron chi connectivity index (χ0n) is 9.64. The molecule has 1 fully saturated rings. The Balaban J connectivity index is 2.28. The summed E-state index contributed by atoms with van der Waals surface area (Å²) in [5.41, 5.74) is 0.348. The molecule has 1 aliphatic heterocycles. The van der Waals surface area contributed by atoms with E-state index >= 15 is 0 Å². The summed E-state index contributed by atoms with van der Waals surface area (Å²) in [6.45, 7) is 4.40. The molecule has 0 aromatic heterocycles. The van der Waals surface area contributed by atoms with E-state index in [2.05, 4.69) is 21.2 Å². The Kier molecular flexibility index (Phi) is 3.99. The Hall–Kier alpha value is -0.680. The molecule has 1 aliphatic rings. The topological polar surface area (TPSA) is 15.3 Å². The maximum Gasteiger partial charge on any atom is 0.147 e. The summed E-state index contributed by atoms with van der Waals surface area (Å²) >= 11 is 2.99. The highest BCUT2D eigenvalue weighted by Crippen LogP contribution is 2.27. The predicted octanol–water partition coefficient (Wildman–Crippen LogP) is 2.92. The zero-order chi connectivity index (χ0) is 12.4. The molecule has 1 N–H and O–H groups in total. The third-order valence-electron chi connectivity index (χ3n) is 2.92. The van der Waals surface area contributed by atoms with Crippen molar-refractivity contribution in [2.24, 2.45) is 0 Å². The summed E-state index contributed by atoms with van der Waals surface area (Å²) in [5, 5.41) is 3.32. The Morgan fingerprint density at radius 2 is 2.12 bits per heavy atom. The summed E-state index contributed by atoms with van der Waals surface area (Å²) in [7, 11) is 0. The van der Waals surface area contributed by atoms with Crippen molar-refractivity contribution < 1.29 is 8.78 Å². The molecule has 0 saturated carbocycles. The molecule has 1 unspecified atom stereocenters. The summed E-state index contributed by atoms with van der Waals surface area (Å²) in [4.78, 5) is 1.90. The molecule has 94 valence electrons. The van der Waals surface area contributed by atoms with Crippen molar-refractivity contribution in [1.82, 2.24) is 5.32 Å². The predicted molar refractivity (Wildman–Crippen MR) is 68.4 cm³/mol. The number of rotatable bonds is 1. The lowest BCUT2D eigenvalue weighted by atomic mass is 10.2. The molecule has 1 saturated heterocycles. The average molecular weight is 305 g/mol. The molecule has 5 heteroatoms. The van der Waals surface area contributed by atoms with Crippen LogP contribution >= 0.6 is 15.9 Å². The maximum absolute atomic E-state index is 13.8. The first kappa shape index (κ1) is 12.8. The number of anilines is 1. The molecule has 0 radical (unpaired) electrons. The van der Waals surface area contributed by atoms with Gasteiger partial charge in [-0.05, 0) is 41.9 Å².